The molecule has 2 amide bonds. The van der Waals surface area contributed by atoms with Crippen molar-refractivity contribution in [2.45, 2.75) is 6.42 Å². The predicted molar refractivity (Wildman–Crippen MR) is 87.5 cm³/mol. The van der Waals surface area contributed by atoms with Gasteiger partial charge in [-0.05, 0) is 24.3 Å². The van der Waals surface area contributed by atoms with Crippen LogP contribution in [0.25, 0.3) is 0 Å². The largest absolute Gasteiger partial charge is 0.415 e. The van der Waals surface area contributed by atoms with Gasteiger partial charge in [-0.15, -0.1) is 0 Å². The molecule has 23 heavy (non-hydrogen) atoms. The van der Waals surface area contributed by atoms with Gasteiger partial charge >= 0.3 is 6.09 Å². The minimum atomic E-state index is -0.418. The molecule has 1 saturated heterocycles. The van der Waals surface area contributed by atoms with Gasteiger partial charge in [-0.3, -0.25) is 4.79 Å². The van der Waals surface area contributed by atoms with Gasteiger partial charge in [0.05, 0.1) is 0 Å². The zero-order valence-electron chi connectivity index (χ0n) is 12.7. The number of carbonyl (C=O) groups excluding carboxylic acids is 2. The summed E-state index contributed by atoms with van der Waals surface area (Å²) in [6.07, 6.45) is -0.127. The van der Waals surface area contributed by atoms with E-state index in [0.717, 1.165) is 5.69 Å². The molecule has 5 nitrogen and oxygen atoms in total. The van der Waals surface area contributed by atoms with E-state index in [0.29, 0.717) is 31.8 Å². The van der Waals surface area contributed by atoms with Gasteiger partial charge in [0.25, 0.3) is 0 Å². The van der Waals surface area contributed by atoms with E-state index in [1.165, 1.54) is 0 Å². The highest BCUT2D eigenvalue weighted by molar-refractivity contribution is 5.94. The molecule has 1 heterocycles. The molecular formula is C18H18N2O3. The summed E-state index contributed by atoms with van der Waals surface area (Å²) in [6, 6.07) is 18.5. The monoisotopic (exact) mass is 310 g/mol. The van der Waals surface area contributed by atoms with E-state index in [1.54, 1.807) is 21.9 Å². The van der Waals surface area contributed by atoms with Crippen molar-refractivity contribution in [1.29, 1.82) is 0 Å². The van der Waals surface area contributed by atoms with Gasteiger partial charge in [-0.2, -0.15) is 0 Å². The summed E-state index contributed by atoms with van der Waals surface area (Å²) in [6.45, 7) is 1.28. The minimum Gasteiger partial charge on any atom is -0.410 e. The number of carbonyl (C=O) groups is 2. The molecule has 0 aromatic heterocycles. The quantitative estimate of drug-likeness (QED) is 0.857. The van der Waals surface area contributed by atoms with E-state index in [2.05, 4.69) is 0 Å². The summed E-state index contributed by atoms with van der Waals surface area (Å²) in [4.78, 5) is 27.8. The van der Waals surface area contributed by atoms with Crippen molar-refractivity contribution in [2.24, 2.45) is 0 Å². The third kappa shape index (κ3) is 3.69. The van der Waals surface area contributed by atoms with Crippen LogP contribution in [0.4, 0.5) is 10.5 Å². The second kappa shape index (κ2) is 6.96. The Hall–Kier alpha value is -2.82. The van der Waals surface area contributed by atoms with Gasteiger partial charge in [-0.1, -0.05) is 36.4 Å². The van der Waals surface area contributed by atoms with Crippen LogP contribution in [0.5, 0.6) is 5.75 Å². The zero-order chi connectivity index (χ0) is 16.1. The lowest BCUT2D eigenvalue weighted by atomic mass is 10.2. The van der Waals surface area contributed by atoms with Crippen molar-refractivity contribution in [2.75, 3.05) is 24.5 Å². The van der Waals surface area contributed by atoms with Gasteiger partial charge < -0.3 is 14.5 Å². The van der Waals surface area contributed by atoms with Crippen molar-refractivity contribution < 1.29 is 14.3 Å². The summed E-state index contributed by atoms with van der Waals surface area (Å²) in [5.41, 5.74) is 0.857. The molecule has 0 radical (unpaired) electrons. The molecule has 0 spiro atoms. The number of nitrogens with zero attached hydrogens (tertiary/aromatic N) is 2. The molecule has 1 aliphatic heterocycles. The predicted octanol–water partition coefficient (Wildman–Crippen LogP) is 2.92. The van der Waals surface area contributed by atoms with Crippen molar-refractivity contribution in [3.8, 4) is 5.75 Å². The van der Waals surface area contributed by atoms with Crippen LogP contribution in [-0.4, -0.2) is 36.5 Å². The van der Waals surface area contributed by atoms with Gasteiger partial charge in [0.2, 0.25) is 5.91 Å². The van der Waals surface area contributed by atoms with E-state index < -0.39 is 6.09 Å². The Balaban J connectivity index is 1.66. The lowest BCUT2D eigenvalue weighted by molar-refractivity contribution is -0.118. The highest BCUT2D eigenvalue weighted by Crippen LogP contribution is 2.18. The Morgan fingerprint density at radius 1 is 0.870 bits per heavy atom. The number of rotatable bonds is 2. The number of hydrogen-bond acceptors (Lipinski definition) is 3. The maximum atomic E-state index is 12.3. The molecule has 0 atom stereocenters. The fraction of sp³-hybridized carbons (Fsp3) is 0.222. The molecular weight excluding hydrogens is 292 g/mol. The van der Waals surface area contributed by atoms with E-state index in [1.807, 2.05) is 48.5 Å². The molecule has 3 rings (SSSR count). The number of ether oxygens (including phenoxy) is 1. The standard InChI is InChI=1S/C18H18N2O3/c21-17-11-12-19(18(22)23-16-9-5-2-6-10-16)13-14-20(17)15-7-3-1-4-8-15/h1-10H,11-14H2. The smallest absolute Gasteiger partial charge is 0.410 e. The molecule has 0 N–H and O–H groups in total. The first-order valence-electron chi connectivity index (χ1n) is 7.61. The second-order valence-corrected chi connectivity index (χ2v) is 5.30. The number of hydrogen-bond donors (Lipinski definition) is 0. The van der Waals surface area contributed by atoms with Gasteiger partial charge in [0.1, 0.15) is 5.75 Å². The van der Waals surface area contributed by atoms with Crippen LogP contribution < -0.4 is 9.64 Å². The maximum absolute atomic E-state index is 12.3. The van der Waals surface area contributed by atoms with Crippen LogP contribution in [0.3, 0.4) is 0 Å². The van der Waals surface area contributed by atoms with Crippen LogP contribution in [0.15, 0.2) is 60.7 Å². The Bertz CT molecular complexity index is 673. The highest BCUT2D eigenvalue weighted by Gasteiger charge is 2.25. The number of benzene rings is 2. The Labute approximate surface area is 135 Å². The van der Waals surface area contributed by atoms with E-state index in [-0.39, 0.29) is 5.91 Å². The summed E-state index contributed by atoms with van der Waals surface area (Å²) in [7, 11) is 0. The summed E-state index contributed by atoms with van der Waals surface area (Å²) in [5.74, 6) is 0.527. The molecule has 1 aliphatic rings. The number of anilines is 1. The minimum absolute atomic E-state index is 0.0196. The van der Waals surface area contributed by atoms with Crippen molar-refractivity contribution >= 4 is 17.7 Å². The van der Waals surface area contributed by atoms with Crippen molar-refractivity contribution in [3.63, 3.8) is 0 Å². The Morgan fingerprint density at radius 2 is 1.52 bits per heavy atom. The van der Waals surface area contributed by atoms with Crippen molar-refractivity contribution in [1.82, 2.24) is 4.90 Å². The lowest BCUT2D eigenvalue weighted by Crippen LogP contribution is -2.37. The number of para-hydroxylation sites is 2. The first kappa shape index (κ1) is 15.1. The molecule has 0 unspecified atom stereocenters. The molecule has 0 aliphatic carbocycles. The van der Waals surface area contributed by atoms with Crippen LogP contribution in [0.2, 0.25) is 0 Å². The SMILES string of the molecule is O=C(Oc1ccccc1)N1CCC(=O)N(c2ccccc2)CC1. The topological polar surface area (TPSA) is 49.9 Å². The van der Waals surface area contributed by atoms with Gasteiger partial charge in [-0.25, -0.2) is 4.79 Å². The summed E-state index contributed by atoms with van der Waals surface area (Å²) >= 11 is 0. The van der Waals surface area contributed by atoms with Gasteiger partial charge in [0, 0.05) is 31.7 Å². The first-order valence-corrected chi connectivity index (χ1v) is 7.61. The molecule has 5 heteroatoms. The fourth-order valence-electron chi connectivity index (χ4n) is 2.54. The number of amides is 2. The molecule has 2 aromatic carbocycles. The molecule has 0 saturated carbocycles. The molecule has 2 aromatic rings. The van der Waals surface area contributed by atoms with Crippen molar-refractivity contribution in [3.05, 3.63) is 60.7 Å². The van der Waals surface area contributed by atoms with Crippen LogP contribution in [0.1, 0.15) is 6.42 Å². The third-order valence-corrected chi connectivity index (χ3v) is 3.76. The zero-order valence-corrected chi connectivity index (χ0v) is 12.7. The van der Waals surface area contributed by atoms with E-state index in [9.17, 15) is 9.59 Å². The Morgan fingerprint density at radius 3 is 2.22 bits per heavy atom. The average molecular weight is 310 g/mol. The van der Waals surface area contributed by atoms with Gasteiger partial charge in [0.15, 0.2) is 0 Å². The summed E-state index contributed by atoms with van der Waals surface area (Å²) < 4.78 is 5.34. The van der Waals surface area contributed by atoms with Crippen LogP contribution in [0, 0.1) is 0 Å². The average Bonchev–Trinajstić information content (AvgIpc) is 2.78. The van der Waals surface area contributed by atoms with E-state index in [4.69, 9.17) is 4.74 Å². The van der Waals surface area contributed by atoms with Crippen LogP contribution >= 0.6 is 0 Å². The molecule has 118 valence electrons. The fourth-order valence-corrected chi connectivity index (χ4v) is 2.54. The third-order valence-electron chi connectivity index (χ3n) is 3.76. The molecule has 1 fully saturated rings. The van der Waals surface area contributed by atoms with E-state index >= 15 is 0 Å². The highest BCUT2D eigenvalue weighted by atomic mass is 16.6. The Kier molecular flexibility index (Phi) is 4.57. The molecule has 0 bridgehead atoms. The summed E-state index contributed by atoms with van der Waals surface area (Å²) in [5, 5.41) is 0. The maximum Gasteiger partial charge on any atom is 0.415 e. The second-order valence-electron chi connectivity index (χ2n) is 5.30. The van der Waals surface area contributed by atoms with Crippen LogP contribution in [-0.2, 0) is 4.79 Å². The normalized spacial score (nSPS) is 15.2. The first-order chi connectivity index (χ1) is 11.2. The lowest BCUT2D eigenvalue weighted by Gasteiger charge is -2.22.